The van der Waals surface area contributed by atoms with Crippen molar-refractivity contribution < 1.29 is 24.5 Å². The maximum absolute atomic E-state index is 12.7. The van der Waals surface area contributed by atoms with Crippen LogP contribution in [0.2, 0.25) is 0 Å². The van der Waals surface area contributed by atoms with Gasteiger partial charge in [-0.05, 0) is 0 Å². The van der Waals surface area contributed by atoms with Crippen molar-refractivity contribution >= 4 is 40.3 Å². The van der Waals surface area contributed by atoms with Crippen LogP contribution in [0.5, 0.6) is 0 Å². The molecule has 2 amide bonds. The predicted octanol–water partition coefficient (Wildman–Crippen LogP) is -2.99. The Hall–Kier alpha value is -4.59. The van der Waals surface area contributed by atoms with Crippen molar-refractivity contribution in [1.82, 2.24) is 49.7 Å². The number of ether oxygens (including phenoxy) is 2. The largest absolute Gasteiger partial charge is 0.394 e. The Bertz CT molecular complexity index is 1690. The molecule has 0 bridgehead atoms. The average molecular weight is 559 g/mol. The van der Waals surface area contributed by atoms with Gasteiger partial charge in [0.25, 0.3) is 11.1 Å². The molecule has 0 aliphatic carbocycles. The molecule has 0 spiro atoms. The number of hydrogen-bond donors (Lipinski definition) is 8. The summed E-state index contributed by atoms with van der Waals surface area (Å²) >= 11 is 0. The number of carbonyl (C=O) groups excluding carboxylic acids is 1. The lowest BCUT2D eigenvalue weighted by atomic mass is 10.1. The minimum atomic E-state index is -0.961. The van der Waals surface area contributed by atoms with Crippen molar-refractivity contribution in [3.63, 3.8) is 0 Å². The van der Waals surface area contributed by atoms with Crippen molar-refractivity contribution in [2.24, 2.45) is 0 Å². The van der Waals surface area contributed by atoms with Crippen molar-refractivity contribution in [1.29, 1.82) is 0 Å². The quantitative estimate of drug-likeness (QED) is 0.117. The lowest BCUT2D eigenvalue weighted by Gasteiger charge is -2.19. The van der Waals surface area contributed by atoms with Crippen LogP contribution in [0.1, 0.15) is 25.3 Å². The van der Waals surface area contributed by atoms with Gasteiger partial charge in [0.2, 0.25) is 11.9 Å². The van der Waals surface area contributed by atoms with E-state index in [0.717, 1.165) is 0 Å². The minimum absolute atomic E-state index is 0.0521. The SMILES string of the molecule is Nc1nc2c(ncn2C2CC(NC(=O)NCC3CC(O)C(n4cnc5c(=O)[nH]c(N)nc54)O3)C(CO)O2)c(=O)[nH]1. The molecule has 0 radical (unpaired) electrons. The van der Waals surface area contributed by atoms with Gasteiger partial charge in [0.1, 0.15) is 18.4 Å². The molecule has 6 atom stereocenters. The van der Waals surface area contributed by atoms with Crippen LogP contribution in [0, 0.1) is 0 Å². The number of aromatic amines is 2. The third-order valence-electron chi connectivity index (χ3n) is 6.87. The minimum Gasteiger partial charge on any atom is -0.394 e. The number of H-pyrrole nitrogens is 2. The van der Waals surface area contributed by atoms with E-state index < -0.39 is 54.0 Å². The Labute approximate surface area is 222 Å². The van der Waals surface area contributed by atoms with Gasteiger partial charge in [0, 0.05) is 19.4 Å². The lowest BCUT2D eigenvalue weighted by Crippen LogP contribution is -2.48. The van der Waals surface area contributed by atoms with Gasteiger partial charge < -0.3 is 41.8 Å². The Balaban J connectivity index is 1.08. The normalized spacial score (nSPS) is 26.6. The van der Waals surface area contributed by atoms with E-state index in [0.29, 0.717) is 0 Å². The van der Waals surface area contributed by atoms with E-state index in [4.69, 9.17) is 20.9 Å². The Morgan fingerprint density at radius 2 is 1.65 bits per heavy atom. The lowest BCUT2D eigenvalue weighted by molar-refractivity contribution is -0.0336. The molecule has 2 saturated heterocycles. The van der Waals surface area contributed by atoms with Gasteiger partial charge in [-0.2, -0.15) is 9.97 Å². The fourth-order valence-electron chi connectivity index (χ4n) is 5.04. The number of aromatic nitrogens is 8. The number of hydrogen-bond acceptors (Lipinski definition) is 13. The summed E-state index contributed by atoms with van der Waals surface area (Å²) in [5, 5.41) is 25.9. The average Bonchev–Trinajstić information content (AvgIpc) is 3.67. The van der Waals surface area contributed by atoms with Gasteiger partial charge in [-0.1, -0.05) is 0 Å². The Morgan fingerprint density at radius 3 is 2.30 bits per heavy atom. The standard InChI is InChI=1S/C21H26N12O7/c22-19-28-14-12(16(36)30-19)25-5-32(14)11-2-8(10(4-34)40-11)27-21(38)24-3-7-1-9(35)18(39-7)33-6-26-13-15(33)29-20(23)31-17(13)37/h5-11,18,34-35H,1-4H2,(H2,24,27,38)(H3,22,28,30,36)(H3,23,29,31,37). The molecule has 6 rings (SSSR count). The number of fused-ring (bicyclic) bond motifs is 2. The highest BCUT2D eigenvalue weighted by atomic mass is 16.5. The van der Waals surface area contributed by atoms with Gasteiger partial charge in [-0.3, -0.25) is 28.7 Å². The molecule has 0 aromatic carbocycles. The Morgan fingerprint density at radius 1 is 1.02 bits per heavy atom. The highest BCUT2D eigenvalue weighted by Crippen LogP contribution is 2.31. The second-order valence-corrected chi connectivity index (χ2v) is 9.51. The molecule has 2 fully saturated rings. The van der Waals surface area contributed by atoms with Crippen LogP contribution in [0.4, 0.5) is 16.7 Å². The summed E-state index contributed by atoms with van der Waals surface area (Å²) < 4.78 is 14.7. The summed E-state index contributed by atoms with van der Waals surface area (Å²) in [6.45, 7) is -0.314. The van der Waals surface area contributed by atoms with Crippen LogP contribution in [-0.4, -0.2) is 92.8 Å². The topological polar surface area (TPSA) is 279 Å². The maximum Gasteiger partial charge on any atom is 0.315 e. The number of carbonyl (C=O) groups is 1. The fraction of sp³-hybridized carbons (Fsp3) is 0.476. The molecular weight excluding hydrogens is 532 g/mol. The van der Waals surface area contributed by atoms with E-state index in [1.165, 1.54) is 21.8 Å². The van der Waals surface area contributed by atoms with Gasteiger partial charge in [-0.15, -0.1) is 0 Å². The monoisotopic (exact) mass is 558 g/mol. The predicted molar refractivity (Wildman–Crippen MR) is 136 cm³/mol. The van der Waals surface area contributed by atoms with Crippen molar-refractivity contribution in [2.75, 3.05) is 24.6 Å². The van der Waals surface area contributed by atoms with E-state index >= 15 is 0 Å². The number of urea groups is 1. The molecule has 19 heteroatoms. The molecule has 10 N–H and O–H groups in total. The summed E-state index contributed by atoms with van der Waals surface area (Å²) in [6.07, 6.45) is -0.658. The van der Waals surface area contributed by atoms with E-state index in [9.17, 15) is 24.6 Å². The van der Waals surface area contributed by atoms with E-state index in [1.54, 1.807) is 0 Å². The van der Waals surface area contributed by atoms with Crippen LogP contribution in [0.25, 0.3) is 22.3 Å². The van der Waals surface area contributed by atoms with Crippen molar-refractivity contribution in [2.45, 2.75) is 49.7 Å². The first-order chi connectivity index (χ1) is 19.2. The van der Waals surface area contributed by atoms with Gasteiger partial charge >= 0.3 is 6.03 Å². The molecule has 19 nitrogen and oxygen atoms in total. The third kappa shape index (κ3) is 4.49. The molecular formula is C21H26N12O7. The molecule has 212 valence electrons. The molecule has 2 aliphatic heterocycles. The summed E-state index contributed by atoms with van der Waals surface area (Å²) in [5.74, 6) is -0.182. The first-order valence-electron chi connectivity index (χ1n) is 12.3. The van der Waals surface area contributed by atoms with Crippen molar-refractivity contribution in [3.05, 3.63) is 33.4 Å². The molecule has 2 aliphatic rings. The number of imidazole rings is 2. The van der Waals surface area contributed by atoms with Crippen LogP contribution in [-0.2, 0) is 9.47 Å². The number of nitrogen functional groups attached to an aromatic ring is 2. The highest BCUT2D eigenvalue weighted by molar-refractivity contribution is 5.74. The molecule has 0 saturated carbocycles. The zero-order valence-corrected chi connectivity index (χ0v) is 20.7. The van der Waals surface area contributed by atoms with Crippen LogP contribution in [0.3, 0.4) is 0 Å². The van der Waals surface area contributed by atoms with E-state index in [2.05, 4.69) is 40.5 Å². The third-order valence-corrected chi connectivity index (χ3v) is 6.87. The fourth-order valence-corrected chi connectivity index (χ4v) is 5.04. The van der Waals surface area contributed by atoms with Gasteiger partial charge in [-0.25, -0.2) is 14.8 Å². The summed E-state index contributed by atoms with van der Waals surface area (Å²) in [6, 6.07) is -1.13. The van der Waals surface area contributed by atoms with Crippen molar-refractivity contribution in [3.8, 4) is 0 Å². The second kappa shape index (κ2) is 9.86. The van der Waals surface area contributed by atoms with Gasteiger partial charge in [0.05, 0.1) is 31.4 Å². The zero-order chi connectivity index (χ0) is 28.1. The van der Waals surface area contributed by atoms with Gasteiger partial charge in [0.15, 0.2) is 28.6 Å². The number of anilines is 2. The van der Waals surface area contributed by atoms with E-state index in [1.807, 2.05) is 0 Å². The van der Waals surface area contributed by atoms with Crippen LogP contribution in [0.15, 0.2) is 22.2 Å². The molecule has 6 unspecified atom stereocenters. The highest BCUT2D eigenvalue weighted by Gasteiger charge is 2.39. The summed E-state index contributed by atoms with van der Waals surface area (Å²) in [7, 11) is 0. The second-order valence-electron chi connectivity index (χ2n) is 9.51. The number of rotatable bonds is 6. The van der Waals surface area contributed by atoms with Crippen LogP contribution < -0.4 is 33.2 Å². The first-order valence-corrected chi connectivity index (χ1v) is 12.3. The molecule has 4 aromatic rings. The Kier molecular flexibility index (Phi) is 6.33. The number of nitrogens with one attached hydrogen (secondary N) is 4. The zero-order valence-electron chi connectivity index (χ0n) is 20.7. The van der Waals surface area contributed by atoms with E-state index in [-0.39, 0.29) is 60.2 Å². The van der Waals surface area contributed by atoms with Crippen LogP contribution >= 0.6 is 0 Å². The number of amides is 2. The number of aliphatic hydroxyl groups is 2. The number of nitrogens with two attached hydrogens (primary N) is 2. The summed E-state index contributed by atoms with van der Waals surface area (Å²) in [5.41, 5.74) is 10.8. The smallest absolute Gasteiger partial charge is 0.315 e. The molecule has 40 heavy (non-hydrogen) atoms. The summed E-state index contributed by atoms with van der Waals surface area (Å²) in [4.78, 5) is 57.9. The molecule has 4 aromatic heterocycles. The molecule has 6 heterocycles. The number of aliphatic hydroxyl groups excluding tert-OH is 2. The first kappa shape index (κ1) is 25.7. The number of nitrogens with zero attached hydrogens (tertiary/aromatic N) is 6. The maximum atomic E-state index is 12.7.